The minimum Gasteiger partial charge on any atom is -0.507 e. The first-order valence-electron chi connectivity index (χ1n) is 9.76. The van der Waals surface area contributed by atoms with Gasteiger partial charge in [0.2, 0.25) is 0 Å². The summed E-state index contributed by atoms with van der Waals surface area (Å²) in [4.78, 5) is 38.9. The molecule has 4 rings (SSSR count). The van der Waals surface area contributed by atoms with Crippen LogP contribution in [0.25, 0.3) is 5.76 Å². The number of carboxylic acid groups (broad SMARTS) is 1. The van der Waals surface area contributed by atoms with Crippen molar-refractivity contribution < 1.29 is 29.3 Å². The first kappa shape index (κ1) is 20.9. The van der Waals surface area contributed by atoms with Gasteiger partial charge in [-0.3, -0.25) is 14.5 Å². The summed E-state index contributed by atoms with van der Waals surface area (Å²) in [6.07, 6.45) is 0. The Kier molecular flexibility index (Phi) is 5.47. The Balaban J connectivity index is 1.94. The molecule has 0 aromatic heterocycles. The molecule has 1 amide bonds. The molecule has 1 saturated heterocycles. The van der Waals surface area contributed by atoms with E-state index < -0.39 is 23.7 Å². The van der Waals surface area contributed by atoms with E-state index in [1.54, 1.807) is 60.7 Å². The standard InChI is InChI=1S/C25H19NO6/c1-32-19-12-10-15(11-13-19)21-20(22(27)16-6-3-2-4-7-16)23(28)24(29)26(21)18-9-5-8-17(14-18)25(30)31/h2-14,21,27H,1H3,(H,30,31)/b22-20+. The van der Waals surface area contributed by atoms with Gasteiger partial charge in [0.15, 0.2) is 0 Å². The van der Waals surface area contributed by atoms with Crippen molar-refractivity contribution in [3.05, 3.63) is 101 Å². The fraction of sp³-hybridized carbons (Fsp3) is 0.0800. The van der Waals surface area contributed by atoms with Crippen LogP contribution in [0.1, 0.15) is 27.5 Å². The highest BCUT2D eigenvalue weighted by Crippen LogP contribution is 2.42. The van der Waals surface area contributed by atoms with Gasteiger partial charge < -0.3 is 14.9 Å². The summed E-state index contributed by atoms with van der Waals surface area (Å²) in [6, 6.07) is 20.1. The number of hydrogen-bond acceptors (Lipinski definition) is 5. The number of aliphatic hydroxyl groups excluding tert-OH is 1. The summed E-state index contributed by atoms with van der Waals surface area (Å²) >= 11 is 0. The quantitative estimate of drug-likeness (QED) is 0.361. The zero-order chi connectivity index (χ0) is 22.8. The van der Waals surface area contributed by atoms with E-state index in [1.807, 2.05) is 0 Å². The molecule has 0 bridgehead atoms. The Morgan fingerprint density at radius 1 is 0.875 bits per heavy atom. The number of amides is 1. The molecule has 1 atom stereocenters. The van der Waals surface area contributed by atoms with Gasteiger partial charge in [0.1, 0.15) is 11.5 Å². The van der Waals surface area contributed by atoms with E-state index in [2.05, 4.69) is 0 Å². The van der Waals surface area contributed by atoms with E-state index >= 15 is 0 Å². The van der Waals surface area contributed by atoms with Crippen LogP contribution in [0.4, 0.5) is 5.69 Å². The summed E-state index contributed by atoms with van der Waals surface area (Å²) < 4.78 is 5.20. The Labute approximate surface area is 183 Å². The lowest BCUT2D eigenvalue weighted by molar-refractivity contribution is -0.132. The highest BCUT2D eigenvalue weighted by Gasteiger charge is 2.47. The van der Waals surface area contributed by atoms with Gasteiger partial charge in [0.05, 0.1) is 24.3 Å². The van der Waals surface area contributed by atoms with Crippen LogP contribution in [0.2, 0.25) is 0 Å². The van der Waals surface area contributed by atoms with Gasteiger partial charge in [-0.25, -0.2) is 4.79 Å². The summed E-state index contributed by atoms with van der Waals surface area (Å²) in [5.74, 6) is -2.59. The van der Waals surface area contributed by atoms with Gasteiger partial charge in [-0.2, -0.15) is 0 Å². The molecule has 32 heavy (non-hydrogen) atoms. The number of ether oxygens (including phenoxy) is 1. The van der Waals surface area contributed by atoms with E-state index in [1.165, 1.54) is 30.2 Å². The molecule has 2 N–H and O–H groups in total. The second-order valence-corrected chi connectivity index (χ2v) is 7.16. The number of rotatable bonds is 5. The SMILES string of the molecule is COc1ccc(C2/C(=C(\O)c3ccccc3)C(=O)C(=O)N2c2cccc(C(=O)O)c2)cc1. The lowest BCUT2D eigenvalue weighted by atomic mass is 9.95. The molecule has 1 fully saturated rings. The van der Waals surface area contributed by atoms with Crippen molar-refractivity contribution in [1.29, 1.82) is 0 Å². The summed E-state index contributed by atoms with van der Waals surface area (Å²) in [5, 5.41) is 20.4. The number of Topliss-reactive ketones (excluding diaryl/α,β-unsaturated/α-hetero) is 1. The molecule has 0 aliphatic carbocycles. The first-order valence-corrected chi connectivity index (χ1v) is 9.76. The minimum atomic E-state index is -1.16. The van der Waals surface area contributed by atoms with E-state index in [0.717, 1.165) is 0 Å². The van der Waals surface area contributed by atoms with Gasteiger partial charge in [-0.1, -0.05) is 48.5 Å². The van der Waals surface area contributed by atoms with Crippen molar-refractivity contribution in [2.24, 2.45) is 0 Å². The third kappa shape index (κ3) is 3.60. The molecule has 3 aromatic rings. The second kappa shape index (κ2) is 8.39. The first-order chi connectivity index (χ1) is 15.4. The lowest BCUT2D eigenvalue weighted by Gasteiger charge is -2.25. The number of aliphatic hydroxyl groups is 1. The van der Waals surface area contributed by atoms with Gasteiger partial charge >= 0.3 is 5.97 Å². The molecular formula is C25H19NO6. The van der Waals surface area contributed by atoms with Crippen LogP contribution in [-0.4, -0.2) is 35.0 Å². The Morgan fingerprint density at radius 3 is 2.16 bits per heavy atom. The van der Waals surface area contributed by atoms with Gasteiger partial charge in [-0.05, 0) is 35.9 Å². The van der Waals surface area contributed by atoms with Crippen LogP contribution in [0, 0.1) is 0 Å². The predicted molar refractivity (Wildman–Crippen MR) is 118 cm³/mol. The molecule has 0 radical (unpaired) electrons. The average molecular weight is 429 g/mol. The van der Waals surface area contributed by atoms with Crippen LogP contribution >= 0.6 is 0 Å². The molecule has 7 heteroatoms. The molecule has 3 aromatic carbocycles. The number of hydrogen-bond donors (Lipinski definition) is 2. The third-order valence-electron chi connectivity index (χ3n) is 5.29. The van der Waals surface area contributed by atoms with Crippen molar-refractivity contribution in [2.75, 3.05) is 12.0 Å². The summed E-state index contributed by atoms with van der Waals surface area (Å²) in [7, 11) is 1.52. The molecule has 0 spiro atoms. The van der Waals surface area contributed by atoms with E-state index in [4.69, 9.17) is 4.74 Å². The number of carbonyl (C=O) groups is 3. The molecular weight excluding hydrogens is 410 g/mol. The number of ketones is 1. The molecule has 7 nitrogen and oxygen atoms in total. The van der Waals surface area contributed by atoms with Crippen molar-refractivity contribution in [3.8, 4) is 5.75 Å². The maximum atomic E-state index is 13.1. The van der Waals surface area contributed by atoms with Crippen molar-refractivity contribution >= 4 is 29.1 Å². The highest BCUT2D eigenvalue weighted by atomic mass is 16.5. The van der Waals surface area contributed by atoms with Crippen LogP contribution in [0.3, 0.4) is 0 Å². The van der Waals surface area contributed by atoms with E-state index in [-0.39, 0.29) is 22.6 Å². The fourth-order valence-electron chi connectivity index (χ4n) is 3.74. The van der Waals surface area contributed by atoms with E-state index in [9.17, 15) is 24.6 Å². The normalized spacial score (nSPS) is 17.4. The molecule has 1 aliphatic heterocycles. The Hall–Kier alpha value is -4.39. The summed E-state index contributed by atoms with van der Waals surface area (Å²) in [5.41, 5.74) is 1.08. The topological polar surface area (TPSA) is 104 Å². The van der Waals surface area contributed by atoms with Gasteiger partial charge in [-0.15, -0.1) is 0 Å². The maximum absolute atomic E-state index is 13.1. The monoisotopic (exact) mass is 429 g/mol. The van der Waals surface area contributed by atoms with Crippen LogP contribution in [0.5, 0.6) is 5.75 Å². The van der Waals surface area contributed by atoms with E-state index in [0.29, 0.717) is 16.9 Å². The highest BCUT2D eigenvalue weighted by molar-refractivity contribution is 6.51. The van der Waals surface area contributed by atoms with Crippen molar-refractivity contribution in [1.82, 2.24) is 0 Å². The van der Waals surface area contributed by atoms with Gasteiger partial charge in [0, 0.05) is 11.3 Å². The molecule has 1 aliphatic rings. The largest absolute Gasteiger partial charge is 0.507 e. The van der Waals surface area contributed by atoms with Gasteiger partial charge in [0.25, 0.3) is 11.7 Å². The smallest absolute Gasteiger partial charge is 0.335 e. The molecule has 1 unspecified atom stereocenters. The maximum Gasteiger partial charge on any atom is 0.335 e. The zero-order valence-corrected chi connectivity index (χ0v) is 17.1. The zero-order valence-electron chi connectivity index (χ0n) is 17.1. The number of anilines is 1. The number of carboxylic acids is 1. The van der Waals surface area contributed by atoms with Crippen molar-refractivity contribution in [3.63, 3.8) is 0 Å². The minimum absolute atomic E-state index is 0.0269. The molecule has 160 valence electrons. The third-order valence-corrected chi connectivity index (χ3v) is 5.29. The van der Waals surface area contributed by atoms with Crippen LogP contribution < -0.4 is 9.64 Å². The number of aromatic carboxylic acids is 1. The molecule has 0 saturated carbocycles. The van der Waals surface area contributed by atoms with Crippen LogP contribution in [-0.2, 0) is 9.59 Å². The van der Waals surface area contributed by atoms with Crippen LogP contribution in [0.15, 0.2) is 84.4 Å². The predicted octanol–water partition coefficient (Wildman–Crippen LogP) is 4.02. The van der Waals surface area contributed by atoms with Crippen molar-refractivity contribution in [2.45, 2.75) is 6.04 Å². The fourth-order valence-corrected chi connectivity index (χ4v) is 3.74. The number of methoxy groups -OCH3 is 1. The number of nitrogens with zero attached hydrogens (tertiary/aromatic N) is 1. The Bertz CT molecular complexity index is 1230. The lowest BCUT2D eigenvalue weighted by Crippen LogP contribution is -2.29. The second-order valence-electron chi connectivity index (χ2n) is 7.16. The Morgan fingerprint density at radius 2 is 1.53 bits per heavy atom. The number of benzene rings is 3. The summed E-state index contributed by atoms with van der Waals surface area (Å²) in [6.45, 7) is 0. The number of carbonyl (C=O) groups excluding carboxylic acids is 2. The molecule has 1 heterocycles. The average Bonchev–Trinajstić information content (AvgIpc) is 3.09.